The van der Waals surface area contributed by atoms with Gasteiger partial charge in [-0.15, -0.1) is 0 Å². The van der Waals surface area contributed by atoms with Gasteiger partial charge in [0.05, 0.1) is 22.3 Å². The zero-order valence-corrected chi connectivity index (χ0v) is 12.2. The summed E-state index contributed by atoms with van der Waals surface area (Å²) in [6.45, 7) is 1.92. The molecule has 4 heteroatoms. The molecular formula is C16H16ClN3. The quantitative estimate of drug-likeness (QED) is 0.927. The predicted molar refractivity (Wildman–Crippen MR) is 83.3 cm³/mol. The Balaban J connectivity index is 2.38. The van der Waals surface area contributed by atoms with Crippen molar-refractivity contribution in [2.45, 2.75) is 13.0 Å². The molecule has 0 unspecified atom stereocenters. The highest BCUT2D eigenvalue weighted by atomic mass is 35.5. The van der Waals surface area contributed by atoms with Gasteiger partial charge in [-0.1, -0.05) is 23.7 Å². The summed E-state index contributed by atoms with van der Waals surface area (Å²) in [5.41, 5.74) is 9.27. The third kappa shape index (κ3) is 2.93. The summed E-state index contributed by atoms with van der Waals surface area (Å²) in [7, 11) is 1.92. The van der Waals surface area contributed by atoms with Crippen LogP contribution in [-0.4, -0.2) is 7.05 Å². The molecule has 0 fully saturated rings. The van der Waals surface area contributed by atoms with E-state index in [1.54, 1.807) is 6.07 Å². The molecule has 1 atom stereocenters. The molecule has 0 aromatic heterocycles. The Morgan fingerprint density at radius 2 is 2.00 bits per heavy atom. The van der Waals surface area contributed by atoms with E-state index in [0.717, 1.165) is 16.9 Å². The number of hydrogen-bond acceptors (Lipinski definition) is 3. The van der Waals surface area contributed by atoms with Crippen LogP contribution >= 0.6 is 11.6 Å². The summed E-state index contributed by atoms with van der Waals surface area (Å²) < 4.78 is 0. The van der Waals surface area contributed by atoms with Crippen LogP contribution in [0.1, 0.15) is 24.1 Å². The van der Waals surface area contributed by atoms with Crippen LogP contribution in [0.25, 0.3) is 0 Å². The van der Waals surface area contributed by atoms with Gasteiger partial charge in [-0.25, -0.2) is 0 Å². The van der Waals surface area contributed by atoms with Crippen molar-refractivity contribution in [1.82, 2.24) is 0 Å². The summed E-state index contributed by atoms with van der Waals surface area (Å²) in [4.78, 5) is 1.95. The van der Waals surface area contributed by atoms with Crippen LogP contribution in [0, 0.1) is 11.3 Å². The average molecular weight is 286 g/mol. The Bertz CT molecular complexity index is 659. The van der Waals surface area contributed by atoms with Crippen molar-refractivity contribution in [2.75, 3.05) is 11.9 Å². The molecule has 0 saturated carbocycles. The number of nitrogens with zero attached hydrogens (tertiary/aromatic N) is 2. The molecular weight excluding hydrogens is 270 g/mol. The minimum atomic E-state index is -0.0474. The lowest BCUT2D eigenvalue weighted by Crippen LogP contribution is -2.11. The molecule has 0 spiro atoms. The van der Waals surface area contributed by atoms with Crippen molar-refractivity contribution in [3.8, 4) is 6.07 Å². The predicted octanol–water partition coefficient (Wildman–Crippen LogP) is 4.00. The van der Waals surface area contributed by atoms with E-state index in [9.17, 15) is 0 Å². The SMILES string of the molecule is C[C@H](N)c1ccc(N(C)c2cccc(C#N)c2)c(Cl)c1. The van der Waals surface area contributed by atoms with Gasteiger partial charge >= 0.3 is 0 Å². The van der Waals surface area contributed by atoms with Crippen molar-refractivity contribution in [2.24, 2.45) is 5.73 Å². The third-order valence-corrected chi connectivity index (χ3v) is 3.52. The van der Waals surface area contributed by atoms with E-state index in [1.807, 2.05) is 55.3 Å². The van der Waals surface area contributed by atoms with Crippen LogP contribution in [0.5, 0.6) is 0 Å². The molecule has 3 nitrogen and oxygen atoms in total. The molecule has 0 amide bonds. The number of nitrogens with two attached hydrogens (primary N) is 1. The Kier molecular flexibility index (Phi) is 4.29. The Hall–Kier alpha value is -2.02. The molecule has 0 radical (unpaired) electrons. The van der Waals surface area contributed by atoms with Gasteiger partial charge in [0, 0.05) is 18.8 Å². The van der Waals surface area contributed by atoms with Crippen LogP contribution in [0.15, 0.2) is 42.5 Å². The van der Waals surface area contributed by atoms with E-state index in [0.29, 0.717) is 10.6 Å². The van der Waals surface area contributed by atoms with Gasteiger partial charge in [0.25, 0.3) is 0 Å². The van der Waals surface area contributed by atoms with E-state index >= 15 is 0 Å². The second-order valence-electron chi connectivity index (χ2n) is 4.72. The largest absolute Gasteiger partial charge is 0.343 e. The highest BCUT2D eigenvalue weighted by Gasteiger charge is 2.10. The maximum Gasteiger partial charge on any atom is 0.0992 e. The molecule has 0 aliphatic carbocycles. The first-order chi connectivity index (χ1) is 9.52. The van der Waals surface area contributed by atoms with E-state index in [2.05, 4.69) is 6.07 Å². The Morgan fingerprint density at radius 3 is 2.60 bits per heavy atom. The molecule has 0 aliphatic heterocycles. The van der Waals surface area contributed by atoms with Crippen LogP contribution in [0.4, 0.5) is 11.4 Å². The lowest BCUT2D eigenvalue weighted by molar-refractivity contribution is 0.818. The maximum absolute atomic E-state index is 8.96. The minimum Gasteiger partial charge on any atom is -0.343 e. The van der Waals surface area contributed by atoms with Gasteiger partial charge in [-0.2, -0.15) is 5.26 Å². The van der Waals surface area contributed by atoms with Gasteiger partial charge in [0.2, 0.25) is 0 Å². The molecule has 2 N–H and O–H groups in total. The standard InChI is InChI=1S/C16H16ClN3/c1-11(19)13-6-7-16(15(17)9-13)20(2)14-5-3-4-12(8-14)10-18/h3-9,11H,19H2,1-2H3/t11-/m0/s1. The van der Waals surface area contributed by atoms with Crippen LogP contribution < -0.4 is 10.6 Å². The van der Waals surface area contributed by atoms with E-state index in [4.69, 9.17) is 22.6 Å². The number of rotatable bonds is 3. The second-order valence-corrected chi connectivity index (χ2v) is 5.13. The molecule has 2 rings (SSSR count). The van der Waals surface area contributed by atoms with Crippen LogP contribution in [0.3, 0.4) is 0 Å². The molecule has 0 heterocycles. The average Bonchev–Trinajstić information content (AvgIpc) is 2.46. The first-order valence-corrected chi connectivity index (χ1v) is 6.69. The minimum absolute atomic E-state index is 0.0474. The Labute approximate surface area is 124 Å². The van der Waals surface area contributed by atoms with E-state index in [-0.39, 0.29) is 6.04 Å². The zero-order valence-electron chi connectivity index (χ0n) is 11.5. The van der Waals surface area contributed by atoms with E-state index in [1.165, 1.54) is 0 Å². The lowest BCUT2D eigenvalue weighted by atomic mass is 10.1. The van der Waals surface area contributed by atoms with Gasteiger partial charge in [-0.3, -0.25) is 0 Å². The van der Waals surface area contributed by atoms with Crippen LogP contribution in [0.2, 0.25) is 5.02 Å². The highest BCUT2D eigenvalue weighted by molar-refractivity contribution is 6.33. The molecule has 0 aliphatic rings. The van der Waals surface area contributed by atoms with Crippen molar-refractivity contribution in [3.63, 3.8) is 0 Å². The molecule has 0 saturated heterocycles. The fraction of sp³-hybridized carbons (Fsp3) is 0.188. The second kappa shape index (κ2) is 5.96. The summed E-state index contributed by atoms with van der Waals surface area (Å²) in [5, 5.41) is 9.60. The van der Waals surface area contributed by atoms with Crippen molar-refractivity contribution in [1.29, 1.82) is 5.26 Å². The molecule has 20 heavy (non-hydrogen) atoms. The summed E-state index contributed by atoms with van der Waals surface area (Å²) in [5.74, 6) is 0. The van der Waals surface area contributed by atoms with Gasteiger partial charge < -0.3 is 10.6 Å². The normalized spacial score (nSPS) is 11.8. The smallest absolute Gasteiger partial charge is 0.0992 e. The summed E-state index contributed by atoms with van der Waals surface area (Å²) in [6.07, 6.45) is 0. The summed E-state index contributed by atoms with van der Waals surface area (Å²) in [6, 6.07) is 15.3. The lowest BCUT2D eigenvalue weighted by Gasteiger charge is -2.22. The number of anilines is 2. The number of benzene rings is 2. The monoisotopic (exact) mass is 285 g/mol. The fourth-order valence-corrected chi connectivity index (χ4v) is 2.32. The number of nitriles is 1. The van der Waals surface area contributed by atoms with Crippen molar-refractivity contribution in [3.05, 3.63) is 58.6 Å². The maximum atomic E-state index is 8.96. The van der Waals surface area contributed by atoms with Gasteiger partial charge in [0.1, 0.15) is 0 Å². The zero-order chi connectivity index (χ0) is 14.7. The van der Waals surface area contributed by atoms with Crippen molar-refractivity contribution < 1.29 is 0 Å². The van der Waals surface area contributed by atoms with E-state index < -0.39 is 0 Å². The Morgan fingerprint density at radius 1 is 1.25 bits per heavy atom. The molecule has 0 bridgehead atoms. The first kappa shape index (κ1) is 14.4. The highest BCUT2D eigenvalue weighted by Crippen LogP contribution is 2.32. The molecule has 2 aromatic rings. The summed E-state index contributed by atoms with van der Waals surface area (Å²) >= 11 is 6.33. The number of halogens is 1. The topological polar surface area (TPSA) is 53.0 Å². The molecule has 2 aromatic carbocycles. The first-order valence-electron chi connectivity index (χ1n) is 6.32. The van der Waals surface area contributed by atoms with Gasteiger partial charge in [0.15, 0.2) is 0 Å². The third-order valence-electron chi connectivity index (χ3n) is 3.22. The van der Waals surface area contributed by atoms with Crippen molar-refractivity contribution >= 4 is 23.0 Å². The molecule has 102 valence electrons. The van der Waals surface area contributed by atoms with Gasteiger partial charge in [-0.05, 0) is 42.8 Å². The fourth-order valence-electron chi connectivity index (χ4n) is 2.00. The van der Waals surface area contributed by atoms with Crippen LogP contribution in [-0.2, 0) is 0 Å². The number of hydrogen-bond donors (Lipinski definition) is 1.